The van der Waals surface area contributed by atoms with Crippen molar-refractivity contribution in [1.82, 2.24) is 0 Å². The number of hydrogen-bond donors (Lipinski definition) is 0. The molecule has 0 N–H and O–H groups in total. The molecule has 0 aliphatic heterocycles. The molecule has 1 aliphatic carbocycles. The molecule has 0 amide bonds. The molecule has 0 aromatic heterocycles. The highest BCUT2D eigenvalue weighted by atomic mass is 19.1. The topological polar surface area (TPSA) is 20.3 Å². The first-order valence-corrected chi connectivity index (χ1v) is 6.74. The molecule has 0 heterocycles. The van der Waals surface area contributed by atoms with E-state index in [0.29, 0.717) is 11.5 Å². The van der Waals surface area contributed by atoms with Crippen molar-refractivity contribution >= 4 is 12.0 Å². The Bertz CT molecular complexity index is 413. The van der Waals surface area contributed by atoms with Gasteiger partial charge in [-0.05, 0) is 43.9 Å². The van der Waals surface area contributed by atoms with Gasteiger partial charge in [-0.1, -0.05) is 12.8 Å². The summed E-state index contributed by atoms with van der Waals surface area (Å²) in [5, 5.41) is 0. The van der Waals surface area contributed by atoms with Crippen LogP contribution >= 0.6 is 0 Å². The third-order valence-electron chi connectivity index (χ3n) is 3.80. The summed E-state index contributed by atoms with van der Waals surface area (Å²) < 4.78 is 13.4. The third kappa shape index (κ3) is 2.89. The fourth-order valence-electron chi connectivity index (χ4n) is 2.79. The number of hydrogen-bond acceptors (Lipinski definition) is 2. The number of carbonyl (C=O) groups excluding carboxylic acids is 1. The zero-order valence-electron chi connectivity index (χ0n) is 10.9. The Labute approximate surface area is 108 Å². The first-order chi connectivity index (χ1) is 8.74. The number of halogens is 1. The highest BCUT2D eigenvalue weighted by Crippen LogP contribution is 2.28. The Morgan fingerprint density at radius 2 is 2.11 bits per heavy atom. The van der Waals surface area contributed by atoms with Crippen LogP contribution < -0.4 is 4.90 Å². The van der Waals surface area contributed by atoms with Gasteiger partial charge in [-0.3, -0.25) is 4.79 Å². The van der Waals surface area contributed by atoms with Crippen molar-refractivity contribution < 1.29 is 9.18 Å². The largest absolute Gasteiger partial charge is 0.371 e. The smallest absolute Gasteiger partial charge is 0.152 e. The van der Waals surface area contributed by atoms with Crippen LogP contribution in [0, 0.1) is 11.7 Å². The van der Waals surface area contributed by atoms with Crippen molar-refractivity contribution in [2.24, 2.45) is 5.92 Å². The van der Waals surface area contributed by atoms with Crippen LogP contribution in [0.25, 0.3) is 0 Å². The Hall–Kier alpha value is -1.38. The van der Waals surface area contributed by atoms with E-state index in [-0.39, 0.29) is 5.82 Å². The Morgan fingerprint density at radius 1 is 1.39 bits per heavy atom. The van der Waals surface area contributed by atoms with E-state index in [1.807, 2.05) is 0 Å². The third-order valence-corrected chi connectivity index (χ3v) is 3.80. The van der Waals surface area contributed by atoms with Crippen LogP contribution in [0.1, 0.15) is 43.0 Å². The number of aldehydes is 1. The van der Waals surface area contributed by atoms with Crippen molar-refractivity contribution in [3.63, 3.8) is 0 Å². The summed E-state index contributed by atoms with van der Waals surface area (Å²) in [6.45, 7) is 3.79. The molecule has 1 aliphatic rings. The fourth-order valence-corrected chi connectivity index (χ4v) is 2.79. The summed E-state index contributed by atoms with van der Waals surface area (Å²) in [6, 6.07) is 4.38. The van der Waals surface area contributed by atoms with E-state index in [1.165, 1.54) is 37.8 Å². The molecule has 0 unspecified atom stereocenters. The number of anilines is 1. The van der Waals surface area contributed by atoms with Crippen LogP contribution in [0.2, 0.25) is 0 Å². The molecule has 0 bridgehead atoms. The van der Waals surface area contributed by atoms with Gasteiger partial charge in [0.25, 0.3) is 0 Å². The number of carbonyl (C=O) groups is 1. The highest BCUT2D eigenvalue weighted by molar-refractivity contribution is 5.84. The van der Waals surface area contributed by atoms with Gasteiger partial charge in [0, 0.05) is 18.7 Å². The van der Waals surface area contributed by atoms with Gasteiger partial charge in [0.1, 0.15) is 5.82 Å². The standard InChI is InChI=1S/C15H20FNO/c1-2-17(10-12-5-3-4-6-12)15-9-14(16)8-7-13(15)11-18/h7-9,11-12H,2-6,10H2,1H3. The minimum Gasteiger partial charge on any atom is -0.371 e. The molecule has 1 fully saturated rings. The van der Waals surface area contributed by atoms with Crippen LogP contribution in [0.3, 0.4) is 0 Å². The zero-order chi connectivity index (χ0) is 13.0. The van der Waals surface area contributed by atoms with Gasteiger partial charge in [0.05, 0.1) is 5.69 Å². The summed E-state index contributed by atoms with van der Waals surface area (Å²) in [5.74, 6) is 0.410. The van der Waals surface area contributed by atoms with Gasteiger partial charge in [-0.2, -0.15) is 0 Å². The average molecular weight is 249 g/mol. The van der Waals surface area contributed by atoms with Gasteiger partial charge in [-0.25, -0.2) is 4.39 Å². The van der Waals surface area contributed by atoms with Crippen LogP contribution in [-0.2, 0) is 0 Å². The van der Waals surface area contributed by atoms with E-state index in [4.69, 9.17) is 0 Å². The van der Waals surface area contributed by atoms with Gasteiger partial charge in [0.2, 0.25) is 0 Å². The monoisotopic (exact) mass is 249 g/mol. The molecule has 0 atom stereocenters. The van der Waals surface area contributed by atoms with E-state index >= 15 is 0 Å². The van der Waals surface area contributed by atoms with Crippen LogP contribution in [0.5, 0.6) is 0 Å². The van der Waals surface area contributed by atoms with Crippen LogP contribution in [0.4, 0.5) is 10.1 Å². The van der Waals surface area contributed by atoms with Crippen LogP contribution in [-0.4, -0.2) is 19.4 Å². The molecule has 1 aromatic rings. The Morgan fingerprint density at radius 3 is 2.72 bits per heavy atom. The van der Waals surface area contributed by atoms with E-state index in [2.05, 4.69) is 11.8 Å². The first-order valence-electron chi connectivity index (χ1n) is 6.74. The lowest BCUT2D eigenvalue weighted by Crippen LogP contribution is -2.29. The Kier molecular flexibility index (Phi) is 4.34. The lowest BCUT2D eigenvalue weighted by atomic mass is 10.1. The Balaban J connectivity index is 2.19. The fraction of sp³-hybridized carbons (Fsp3) is 0.533. The molecule has 1 aromatic carbocycles. The number of rotatable bonds is 5. The van der Waals surface area contributed by atoms with Crippen molar-refractivity contribution in [1.29, 1.82) is 0 Å². The molecule has 1 saturated carbocycles. The van der Waals surface area contributed by atoms with Gasteiger partial charge < -0.3 is 4.90 Å². The summed E-state index contributed by atoms with van der Waals surface area (Å²) in [4.78, 5) is 13.2. The first kappa shape index (κ1) is 13.1. The minimum atomic E-state index is -0.277. The lowest BCUT2D eigenvalue weighted by Gasteiger charge is -2.27. The maximum Gasteiger partial charge on any atom is 0.152 e. The SMILES string of the molecule is CCN(CC1CCCC1)c1cc(F)ccc1C=O. The van der Waals surface area contributed by atoms with Crippen molar-refractivity contribution in [2.45, 2.75) is 32.6 Å². The molecule has 2 nitrogen and oxygen atoms in total. The predicted octanol–water partition coefficient (Wildman–Crippen LogP) is 3.65. The van der Waals surface area contributed by atoms with Gasteiger partial charge in [-0.15, -0.1) is 0 Å². The van der Waals surface area contributed by atoms with Gasteiger partial charge >= 0.3 is 0 Å². The van der Waals surface area contributed by atoms with E-state index in [9.17, 15) is 9.18 Å². The second-order valence-electron chi connectivity index (χ2n) is 5.01. The number of nitrogens with zero attached hydrogens (tertiary/aromatic N) is 1. The molecule has 0 radical (unpaired) electrons. The van der Waals surface area contributed by atoms with E-state index in [1.54, 1.807) is 6.07 Å². The second-order valence-corrected chi connectivity index (χ2v) is 5.01. The quantitative estimate of drug-likeness (QED) is 0.742. The maximum absolute atomic E-state index is 13.4. The normalized spacial score (nSPS) is 15.9. The molecule has 0 saturated heterocycles. The van der Waals surface area contributed by atoms with Crippen molar-refractivity contribution in [3.8, 4) is 0 Å². The lowest BCUT2D eigenvalue weighted by molar-refractivity contribution is 0.112. The molecule has 3 heteroatoms. The molecule has 98 valence electrons. The molecule has 2 rings (SSSR count). The number of benzene rings is 1. The minimum absolute atomic E-state index is 0.277. The second kappa shape index (κ2) is 5.98. The summed E-state index contributed by atoms with van der Waals surface area (Å²) in [6.07, 6.45) is 5.91. The summed E-state index contributed by atoms with van der Waals surface area (Å²) in [5.41, 5.74) is 1.32. The zero-order valence-corrected chi connectivity index (χ0v) is 10.9. The summed E-state index contributed by atoms with van der Waals surface area (Å²) >= 11 is 0. The van der Waals surface area contributed by atoms with E-state index < -0.39 is 0 Å². The predicted molar refractivity (Wildman–Crippen MR) is 71.6 cm³/mol. The van der Waals surface area contributed by atoms with E-state index in [0.717, 1.165) is 25.1 Å². The average Bonchev–Trinajstić information content (AvgIpc) is 2.88. The highest BCUT2D eigenvalue weighted by Gasteiger charge is 2.19. The van der Waals surface area contributed by atoms with Crippen LogP contribution in [0.15, 0.2) is 18.2 Å². The summed E-state index contributed by atoms with van der Waals surface area (Å²) in [7, 11) is 0. The molecular weight excluding hydrogens is 229 g/mol. The molecule has 18 heavy (non-hydrogen) atoms. The van der Waals surface area contributed by atoms with Crippen molar-refractivity contribution in [3.05, 3.63) is 29.6 Å². The molecule has 0 spiro atoms. The molecular formula is C15H20FNO. The maximum atomic E-state index is 13.4. The van der Waals surface area contributed by atoms with Gasteiger partial charge in [0.15, 0.2) is 6.29 Å². The van der Waals surface area contributed by atoms with Crippen molar-refractivity contribution in [2.75, 3.05) is 18.0 Å².